The van der Waals surface area contributed by atoms with Crippen molar-refractivity contribution in [2.45, 2.75) is 56.8 Å². The van der Waals surface area contributed by atoms with Gasteiger partial charge in [0.05, 0.1) is 8.07 Å². The van der Waals surface area contributed by atoms with Crippen LogP contribution in [-0.2, 0) is 0 Å². The molecular weight excluding hydrogens is 162 g/mol. The van der Waals surface area contributed by atoms with Crippen LogP contribution in [0.15, 0.2) is 0 Å². The maximum absolute atomic E-state index is 5.66. The van der Waals surface area contributed by atoms with E-state index in [9.17, 15) is 0 Å². The maximum atomic E-state index is 5.66. The van der Waals surface area contributed by atoms with Crippen LogP contribution in [0.25, 0.3) is 0 Å². The second-order valence-electron chi connectivity index (χ2n) is 4.86. The van der Waals surface area contributed by atoms with Crippen LogP contribution in [0.4, 0.5) is 0 Å². The second-order valence-corrected chi connectivity index (χ2v) is 10.2. The molecule has 1 aliphatic rings. The summed E-state index contributed by atoms with van der Waals surface area (Å²) in [4.78, 5) is 0. The molecule has 1 aliphatic carbocycles. The van der Waals surface area contributed by atoms with Crippen molar-refractivity contribution in [2.75, 3.05) is 6.54 Å². The van der Waals surface area contributed by atoms with Crippen molar-refractivity contribution in [3.63, 3.8) is 0 Å². The molecule has 72 valence electrons. The zero-order chi connectivity index (χ0) is 9.03. The predicted octanol–water partition coefficient (Wildman–Crippen LogP) is 2.99. The molecule has 0 spiro atoms. The van der Waals surface area contributed by atoms with E-state index in [0.29, 0.717) is 0 Å². The monoisotopic (exact) mass is 185 g/mol. The Morgan fingerprint density at radius 3 is 2.25 bits per heavy atom. The highest BCUT2D eigenvalue weighted by atomic mass is 28.3. The molecule has 1 saturated carbocycles. The SMILES string of the molecule is C[Si](C)(CCN)C1CCCCC1. The Hall–Kier alpha value is 0.177. The van der Waals surface area contributed by atoms with E-state index in [1.807, 2.05) is 0 Å². The van der Waals surface area contributed by atoms with Gasteiger partial charge in [0.15, 0.2) is 0 Å². The first-order chi connectivity index (χ1) is 5.67. The summed E-state index contributed by atoms with van der Waals surface area (Å²) in [5, 5.41) is 0. The van der Waals surface area contributed by atoms with Gasteiger partial charge in [-0.25, -0.2) is 0 Å². The Morgan fingerprint density at radius 1 is 1.17 bits per heavy atom. The zero-order valence-corrected chi connectivity index (χ0v) is 9.60. The minimum absolute atomic E-state index is 0.912. The molecule has 2 N–H and O–H groups in total. The van der Waals surface area contributed by atoms with E-state index in [4.69, 9.17) is 5.73 Å². The van der Waals surface area contributed by atoms with E-state index < -0.39 is 8.07 Å². The molecule has 1 fully saturated rings. The molecule has 0 aromatic carbocycles. The molecular formula is C10H23NSi. The summed E-state index contributed by atoms with van der Waals surface area (Å²) >= 11 is 0. The Bertz CT molecular complexity index is 128. The van der Waals surface area contributed by atoms with Crippen molar-refractivity contribution >= 4 is 8.07 Å². The van der Waals surface area contributed by atoms with E-state index in [-0.39, 0.29) is 0 Å². The largest absolute Gasteiger partial charge is 0.331 e. The van der Waals surface area contributed by atoms with Crippen molar-refractivity contribution in [1.29, 1.82) is 0 Å². The van der Waals surface area contributed by atoms with Gasteiger partial charge in [-0.3, -0.25) is 0 Å². The zero-order valence-electron chi connectivity index (χ0n) is 8.60. The molecule has 1 rings (SSSR count). The van der Waals surface area contributed by atoms with Crippen LogP contribution in [0.3, 0.4) is 0 Å². The number of rotatable bonds is 3. The van der Waals surface area contributed by atoms with E-state index in [1.54, 1.807) is 0 Å². The molecule has 1 nitrogen and oxygen atoms in total. The van der Waals surface area contributed by atoms with Gasteiger partial charge < -0.3 is 5.73 Å². The van der Waals surface area contributed by atoms with E-state index in [0.717, 1.165) is 12.1 Å². The van der Waals surface area contributed by atoms with Gasteiger partial charge in [0.2, 0.25) is 0 Å². The second kappa shape index (κ2) is 4.42. The molecule has 12 heavy (non-hydrogen) atoms. The number of nitrogens with two attached hydrogens (primary N) is 1. The van der Waals surface area contributed by atoms with Gasteiger partial charge in [-0.2, -0.15) is 0 Å². The highest BCUT2D eigenvalue weighted by Gasteiger charge is 2.31. The smallest absolute Gasteiger partial charge is 0.0517 e. The van der Waals surface area contributed by atoms with Crippen LogP contribution < -0.4 is 5.73 Å². The lowest BCUT2D eigenvalue weighted by Gasteiger charge is -2.35. The third kappa shape index (κ3) is 2.59. The summed E-state index contributed by atoms with van der Waals surface area (Å²) in [6, 6.07) is 1.33. The third-order valence-corrected chi connectivity index (χ3v) is 7.86. The average molecular weight is 185 g/mol. The summed E-state index contributed by atoms with van der Waals surface area (Å²) in [7, 11) is -0.927. The summed E-state index contributed by atoms with van der Waals surface area (Å²) in [5.41, 5.74) is 6.73. The Labute approximate surface area is 77.7 Å². The molecule has 0 aliphatic heterocycles. The van der Waals surface area contributed by atoms with E-state index >= 15 is 0 Å². The van der Waals surface area contributed by atoms with Crippen molar-refractivity contribution in [1.82, 2.24) is 0 Å². The van der Waals surface area contributed by atoms with Gasteiger partial charge in [0, 0.05) is 0 Å². The molecule has 0 amide bonds. The highest BCUT2D eigenvalue weighted by molar-refractivity contribution is 6.78. The molecule has 0 aromatic heterocycles. The Morgan fingerprint density at radius 2 is 1.75 bits per heavy atom. The van der Waals surface area contributed by atoms with Crippen molar-refractivity contribution in [2.24, 2.45) is 5.73 Å². The summed E-state index contributed by atoms with van der Waals surface area (Å²) in [6.07, 6.45) is 7.43. The highest BCUT2D eigenvalue weighted by Crippen LogP contribution is 2.38. The molecule has 0 bridgehead atoms. The standard InChI is InChI=1S/C10H23NSi/c1-12(2,9-8-11)10-6-4-3-5-7-10/h10H,3-9,11H2,1-2H3. The average Bonchev–Trinajstić information content (AvgIpc) is 2.06. The molecule has 0 unspecified atom stereocenters. The van der Waals surface area contributed by atoms with Crippen LogP contribution in [-0.4, -0.2) is 14.6 Å². The lowest BCUT2D eigenvalue weighted by Crippen LogP contribution is -2.35. The van der Waals surface area contributed by atoms with Crippen LogP contribution in [0, 0.1) is 0 Å². The van der Waals surface area contributed by atoms with Gasteiger partial charge in [0.1, 0.15) is 0 Å². The van der Waals surface area contributed by atoms with Crippen molar-refractivity contribution in [3.8, 4) is 0 Å². The first-order valence-corrected chi connectivity index (χ1v) is 8.65. The Balaban J connectivity index is 2.41. The van der Waals surface area contributed by atoms with Gasteiger partial charge in [-0.05, 0) is 18.1 Å². The van der Waals surface area contributed by atoms with Crippen LogP contribution >= 0.6 is 0 Å². The fourth-order valence-electron chi connectivity index (χ4n) is 2.46. The number of hydrogen-bond donors (Lipinski definition) is 1. The van der Waals surface area contributed by atoms with Gasteiger partial charge in [-0.1, -0.05) is 45.2 Å². The van der Waals surface area contributed by atoms with Gasteiger partial charge in [0.25, 0.3) is 0 Å². The fraction of sp³-hybridized carbons (Fsp3) is 1.00. The minimum atomic E-state index is -0.927. The van der Waals surface area contributed by atoms with E-state index in [2.05, 4.69) is 13.1 Å². The minimum Gasteiger partial charge on any atom is -0.331 e. The van der Waals surface area contributed by atoms with Crippen molar-refractivity contribution < 1.29 is 0 Å². The first-order valence-electron chi connectivity index (χ1n) is 5.37. The van der Waals surface area contributed by atoms with Crippen LogP contribution in [0.5, 0.6) is 0 Å². The van der Waals surface area contributed by atoms with Crippen molar-refractivity contribution in [3.05, 3.63) is 0 Å². The van der Waals surface area contributed by atoms with Gasteiger partial charge >= 0.3 is 0 Å². The summed E-state index contributed by atoms with van der Waals surface area (Å²) in [5.74, 6) is 0. The molecule has 0 saturated heterocycles. The van der Waals surface area contributed by atoms with Crippen LogP contribution in [0.1, 0.15) is 32.1 Å². The molecule has 2 heteroatoms. The first kappa shape index (κ1) is 10.3. The summed E-state index contributed by atoms with van der Waals surface area (Å²) in [6.45, 7) is 5.96. The quantitative estimate of drug-likeness (QED) is 0.672. The topological polar surface area (TPSA) is 26.0 Å². The lowest BCUT2D eigenvalue weighted by molar-refractivity contribution is 0.491. The van der Waals surface area contributed by atoms with Gasteiger partial charge in [-0.15, -0.1) is 0 Å². The maximum Gasteiger partial charge on any atom is 0.0517 e. The Kier molecular flexibility index (Phi) is 3.78. The molecule has 0 heterocycles. The summed E-state index contributed by atoms with van der Waals surface area (Å²) < 4.78 is 0. The van der Waals surface area contributed by atoms with E-state index in [1.165, 1.54) is 38.1 Å². The molecule has 0 atom stereocenters. The lowest BCUT2D eigenvalue weighted by atomic mass is 10.0. The third-order valence-electron chi connectivity index (χ3n) is 3.50. The molecule has 0 aromatic rings. The molecule has 0 radical (unpaired) electrons. The number of hydrogen-bond acceptors (Lipinski definition) is 1. The van der Waals surface area contributed by atoms with Crippen LogP contribution in [0.2, 0.25) is 24.7 Å². The normalized spacial score (nSPS) is 21.2. The predicted molar refractivity (Wildman–Crippen MR) is 58.2 cm³/mol. The fourth-order valence-corrected chi connectivity index (χ4v) is 5.58.